The Morgan fingerprint density at radius 3 is 1.96 bits per heavy atom. The first-order chi connectivity index (χ1) is 12.0. The van der Waals surface area contributed by atoms with Crippen LogP contribution in [0.5, 0.6) is 0 Å². The van der Waals surface area contributed by atoms with Gasteiger partial charge in [0.25, 0.3) is 5.91 Å². The summed E-state index contributed by atoms with van der Waals surface area (Å²) >= 11 is 0. The average molecular weight is 383 g/mol. The van der Waals surface area contributed by atoms with Gasteiger partial charge in [0.1, 0.15) is 0 Å². The van der Waals surface area contributed by atoms with E-state index in [1.165, 1.54) is 0 Å². The number of carbonyl (C=O) groups excluding carboxylic acids is 1. The van der Waals surface area contributed by atoms with Crippen molar-refractivity contribution in [2.24, 2.45) is 0 Å². The van der Waals surface area contributed by atoms with Crippen molar-refractivity contribution in [2.45, 2.75) is 45.6 Å². The Morgan fingerprint density at radius 1 is 1.08 bits per heavy atom. The Bertz CT molecular complexity index is 768. The standard InChI is InChI=1S/C19H31N3O3S/c1-13-12-14(2)16(4)18(15(13)3)26(24,25)22-10-8-21(9-11-22)17(5)19(23)20(6)7/h12,17H,8-11H2,1-7H3/p+1/t17-/m1/s1. The third-order valence-electron chi connectivity index (χ3n) is 5.68. The second-order valence-electron chi connectivity index (χ2n) is 7.61. The topological polar surface area (TPSA) is 62.1 Å². The number of nitrogens with one attached hydrogen (secondary N) is 1. The molecule has 0 radical (unpaired) electrons. The van der Waals surface area contributed by atoms with Gasteiger partial charge in [-0.05, 0) is 56.9 Å². The van der Waals surface area contributed by atoms with Crippen LogP contribution < -0.4 is 4.90 Å². The van der Waals surface area contributed by atoms with Crippen molar-refractivity contribution in [1.29, 1.82) is 0 Å². The maximum atomic E-state index is 13.3. The molecule has 0 aliphatic carbocycles. The molecule has 1 aliphatic heterocycles. The van der Waals surface area contributed by atoms with Gasteiger partial charge in [0.15, 0.2) is 6.04 Å². The molecule has 1 aliphatic rings. The highest BCUT2D eigenvalue weighted by Crippen LogP contribution is 2.28. The SMILES string of the molecule is Cc1cc(C)c(C)c(S(=O)(=O)N2CC[NH+]([C@H](C)C(=O)N(C)C)CC2)c1C. The van der Waals surface area contributed by atoms with E-state index in [-0.39, 0.29) is 11.9 Å². The fraction of sp³-hybridized carbons (Fsp3) is 0.632. The average Bonchev–Trinajstić information content (AvgIpc) is 2.58. The van der Waals surface area contributed by atoms with Crippen molar-refractivity contribution in [3.05, 3.63) is 28.3 Å². The maximum absolute atomic E-state index is 13.3. The van der Waals surface area contributed by atoms with Gasteiger partial charge in [0.05, 0.1) is 31.1 Å². The van der Waals surface area contributed by atoms with Crippen LogP contribution >= 0.6 is 0 Å². The molecule has 26 heavy (non-hydrogen) atoms. The number of carbonyl (C=O) groups is 1. The van der Waals surface area contributed by atoms with Gasteiger partial charge in [-0.2, -0.15) is 4.31 Å². The molecule has 2 rings (SSSR count). The zero-order valence-electron chi connectivity index (χ0n) is 17.0. The number of likely N-dealkylation sites (N-methyl/N-ethyl adjacent to an activating group) is 1. The molecule has 0 aromatic heterocycles. The molecule has 1 atom stereocenters. The molecule has 1 N–H and O–H groups in total. The number of hydrogen-bond acceptors (Lipinski definition) is 3. The first-order valence-corrected chi connectivity index (χ1v) is 10.6. The molecular weight excluding hydrogens is 350 g/mol. The van der Waals surface area contributed by atoms with Gasteiger partial charge in [-0.3, -0.25) is 4.79 Å². The minimum atomic E-state index is -3.53. The summed E-state index contributed by atoms with van der Waals surface area (Å²) < 4.78 is 28.2. The number of benzene rings is 1. The molecule has 1 aromatic rings. The molecule has 0 spiro atoms. The van der Waals surface area contributed by atoms with E-state index in [4.69, 9.17) is 0 Å². The normalized spacial score (nSPS) is 18.0. The minimum absolute atomic E-state index is 0.0808. The number of sulfonamides is 1. The Morgan fingerprint density at radius 2 is 1.54 bits per heavy atom. The lowest BCUT2D eigenvalue weighted by Crippen LogP contribution is -3.19. The number of aryl methyl sites for hydroxylation is 2. The van der Waals surface area contributed by atoms with Crippen LogP contribution in [0.1, 0.15) is 29.2 Å². The molecular formula is C19H32N3O3S+. The molecule has 0 unspecified atom stereocenters. The third kappa shape index (κ3) is 3.80. The van der Waals surface area contributed by atoms with Gasteiger partial charge in [-0.1, -0.05) is 6.07 Å². The highest BCUT2D eigenvalue weighted by Gasteiger charge is 2.36. The van der Waals surface area contributed by atoms with Gasteiger partial charge < -0.3 is 9.80 Å². The van der Waals surface area contributed by atoms with E-state index in [2.05, 4.69) is 0 Å². The first kappa shape index (κ1) is 20.9. The van der Waals surface area contributed by atoms with E-state index >= 15 is 0 Å². The third-order valence-corrected chi connectivity index (χ3v) is 7.86. The van der Waals surface area contributed by atoms with Crippen LogP contribution in [0.25, 0.3) is 0 Å². The quantitative estimate of drug-likeness (QED) is 0.814. The number of nitrogens with zero attached hydrogens (tertiary/aromatic N) is 2. The summed E-state index contributed by atoms with van der Waals surface area (Å²) in [4.78, 5) is 15.4. The molecule has 0 bridgehead atoms. The van der Waals surface area contributed by atoms with Crippen molar-refractivity contribution >= 4 is 15.9 Å². The molecule has 1 heterocycles. The van der Waals surface area contributed by atoms with Crippen LogP contribution in [-0.2, 0) is 14.8 Å². The molecule has 6 nitrogen and oxygen atoms in total. The predicted octanol–water partition coefficient (Wildman–Crippen LogP) is 0.286. The number of hydrogen-bond donors (Lipinski definition) is 1. The van der Waals surface area contributed by atoms with Crippen molar-refractivity contribution in [3.8, 4) is 0 Å². The zero-order chi connectivity index (χ0) is 19.8. The number of rotatable bonds is 4. The van der Waals surface area contributed by atoms with Gasteiger partial charge in [-0.25, -0.2) is 8.42 Å². The van der Waals surface area contributed by atoms with Gasteiger partial charge in [0, 0.05) is 14.1 Å². The highest BCUT2D eigenvalue weighted by molar-refractivity contribution is 7.89. The Hall–Kier alpha value is -1.44. The lowest BCUT2D eigenvalue weighted by molar-refractivity contribution is -0.917. The summed E-state index contributed by atoms with van der Waals surface area (Å²) in [7, 11) is -0.0203. The largest absolute Gasteiger partial charge is 0.344 e. The smallest absolute Gasteiger partial charge is 0.280 e. The van der Waals surface area contributed by atoms with E-state index in [1.54, 1.807) is 23.3 Å². The molecule has 7 heteroatoms. The van der Waals surface area contributed by atoms with Gasteiger partial charge >= 0.3 is 0 Å². The monoisotopic (exact) mass is 382 g/mol. The van der Waals surface area contributed by atoms with Crippen molar-refractivity contribution in [1.82, 2.24) is 9.21 Å². The fourth-order valence-corrected chi connectivity index (χ4v) is 5.72. The second-order valence-corrected chi connectivity index (χ2v) is 9.48. The second kappa shape index (κ2) is 7.66. The summed E-state index contributed by atoms with van der Waals surface area (Å²) in [6.07, 6.45) is 0. The van der Waals surface area contributed by atoms with Crippen LogP contribution in [0.15, 0.2) is 11.0 Å². The van der Waals surface area contributed by atoms with Crippen molar-refractivity contribution < 1.29 is 18.1 Å². The van der Waals surface area contributed by atoms with Crippen LogP contribution in [-0.4, -0.2) is 69.8 Å². The highest BCUT2D eigenvalue weighted by atomic mass is 32.2. The summed E-state index contributed by atoms with van der Waals surface area (Å²) in [5.41, 5.74) is 3.67. The van der Waals surface area contributed by atoms with Crippen LogP contribution in [0.4, 0.5) is 0 Å². The molecule has 1 amide bonds. The van der Waals surface area contributed by atoms with E-state index in [9.17, 15) is 13.2 Å². The zero-order valence-corrected chi connectivity index (χ0v) is 17.8. The van der Waals surface area contributed by atoms with Crippen LogP contribution in [0.2, 0.25) is 0 Å². The maximum Gasteiger partial charge on any atom is 0.280 e. The molecule has 146 valence electrons. The van der Waals surface area contributed by atoms with Gasteiger partial charge in [0.2, 0.25) is 10.0 Å². The van der Waals surface area contributed by atoms with E-state index < -0.39 is 10.0 Å². The lowest BCUT2D eigenvalue weighted by Gasteiger charge is -2.35. The molecule has 1 saturated heterocycles. The molecule has 1 fully saturated rings. The lowest BCUT2D eigenvalue weighted by atomic mass is 10.0. The predicted molar refractivity (Wildman–Crippen MR) is 103 cm³/mol. The van der Waals surface area contributed by atoms with Crippen molar-refractivity contribution in [3.63, 3.8) is 0 Å². The summed E-state index contributed by atoms with van der Waals surface area (Å²) in [6, 6.07) is 1.89. The van der Waals surface area contributed by atoms with E-state index in [0.717, 1.165) is 27.2 Å². The van der Waals surface area contributed by atoms with E-state index in [1.807, 2.05) is 40.7 Å². The van der Waals surface area contributed by atoms with Crippen LogP contribution in [0.3, 0.4) is 0 Å². The molecule has 1 aromatic carbocycles. The van der Waals surface area contributed by atoms with Crippen molar-refractivity contribution in [2.75, 3.05) is 40.3 Å². The van der Waals surface area contributed by atoms with Crippen LogP contribution in [0, 0.1) is 27.7 Å². The number of quaternary nitrogens is 1. The summed E-state index contributed by atoms with van der Waals surface area (Å²) in [5, 5.41) is 0. The minimum Gasteiger partial charge on any atom is -0.344 e. The summed E-state index contributed by atoms with van der Waals surface area (Å²) in [6.45, 7) is 11.8. The first-order valence-electron chi connectivity index (χ1n) is 9.11. The summed E-state index contributed by atoms with van der Waals surface area (Å²) in [5.74, 6) is 0.0808. The Kier molecular flexibility index (Phi) is 6.15. The molecule has 0 saturated carbocycles. The number of piperazine rings is 1. The van der Waals surface area contributed by atoms with E-state index in [0.29, 0.717) is 31.1 Å². The Labute approximate surface area is 157 Å². The Balaban J connectivity index is 2.23. The number of amides is 1. The van der Waals surface area contributed by atoms with Gasteiger partial charge in [-0.15, -0.1) is 0 Å². The fourth-order valence-electron chi connectivity index (χ4n) is 3.71.